The van der Waals surface area contributed by atoms with E-state index in [2.05, 4.69) is 4.72 Å². The van der Waals surface area contributed by atoms with Crippen LogP contribution in [0.1, 0.15) is 17.5 Å². The predicted octanol–water partition coefficient (Wildman–Crippen LogP) is 2.71. The molecule has 0 saturated heterocycles. The van der Waals surface area contributed by atoms with Gasteiger partial charge in [-0.15, -0.1) is 0 Å². The van der Waals surface area contributed by atoms with E-state index in [-0.39, 0.29) is 10.8 Å². The number of benzene rings is 2. The zero-order valence-electron chi connectivity index (χ0n) is 14.4. The van der Waals surface area contributed by atoms with Crippen LogP contribution in [-0.2, 0) is 21.2 Å². The van der Waals surface area contributed by atoms with Crippen molar-refractivity contribution in [3.8, 4) is 5.75 Å². The van der Waals surface area contributed by atoms with Crippen molar-refractivity contribution in [2.45, 2.75) is 24.7 Å². The SMILES string of the molecule is COc1ccc(C)cc1NS(=O)(=O)c1ccc2c(c1)CCC(=O)N2C. The number of sulfonamides is 1. The first kappa shape index (κ1) is 17.3. The van der Waals surface area contributed by atoms with Gasteiger partial charge in [-0.05, 0) is 54.8 Å². The van der Waals surface area contributed by atoms with Gasteiger partial charge in [0.1, 0.15) is 5.75 Å². The molecule has 0 atom stereocenters. The number of anilines is 2. The van der Waals surface area contributed by atoms with Crippen molar-refractivity contribution in [2.24, 2.45) is 0 Å². The van der Waals surface area contributed by atoms with Crippen molar-refractivity contribution >= 4 is 27.3 Å². The highest BCUT2D eigenvalue weighted by Gasteiger charge is 2.24. The molecule has 0 saturated carbocycles. The van der Waals surface area contributed by atoms with Crippen LogP contribution in [0.4, 0.5) is 11.4 Å². The molecule has 1 amide bonds. The highest BCUT2D eigenvalue weighted by Crippen LogP contribution is 2.31. The smallest absolute Gasteiger partial charge is 0.262 e. The Labute approximate surface area is 147 Å². The maximum absolute atomic E-state index is 12.8. The number of carbonyl (C=O) groups is 1. The minimum Gasteiger partial charge on any atom is -0.495 e. The molecular formula is C18H20N2O4S. The highest BCUT2D eigenvalue weighted by atomic mass is 32.2. The normalized spacial score (nSPS) is 14.2. The second-order valence-corrected chi connectivity index (χ2v) is 7.73. The van der Waals surface area contributed by atoms with Crippen LogP contribution in [0.3, 0.4) is 0 Å². The van der Waals surface area contributed by atoms with Crippen molar-refractivity contribution in [1.82, 2.24) is 0 Å². The summed E-state index contributed by atoms with van der Waals surface area (Å²) in [5, 5.41) is 0. The molecule has 132 valence electrons. The lowest BCUT2D eigenvalue weighted by Crippen LogP contribution is -2.31. The molecule has 0 radical (unpaired) electrons. The van der Waals surface area contributed by atoms with Crippen molar-refractivity contribution in [3.05, 3.63) is 47.5 Å². The highest BCUT2D eigenvalue weighted by molar-refractivity contribution is 7.92. The molecule has 1 heterocycles. The van der Waals surface area contributed by atoms with E-state index in [1.165, 1.54) is 13.2 Å². The quantitative estimate of drug-likeness (QED) is 0.910. The molecule has 1 aliphatic heterocycles. The molecule has 0 aliphatic carbocycles. The van der Waals surface area contributed by atoms with Crippen LogP contribution < -0.4 is 14.4 Å². The Kier molecular flexibility index (Phi) is 4.43. The number of nitrogens with one attached hydrogen (secondary N) is 1. The van der Waals surface area contributed by atoms with Gasteiger partial charge >= 0.3 is 0 Å². The standard InChI is InChI=1S/C18H20N2O4S/c1-12-4-8-17(24-3)15(10-12)19-25(22,23)14-6-7-16-13(11-14)5-9-18(21)20(16)2/h4,6-8,10-11,19H,5,9H2,1-3H3. The van der Waals surface area contributed by atoms with Crippen LogP contribution in [0, 0.1) is 6.92 Å². The van der Waals surface area contributed by atoms with E-state index >= 15 is 0 Å². The second kappa shape index (κ2) is 6.40. The second-order valence-electron chi connectivity index (χ2n) is 6.05. The Balaban J connectivity index is 1.96. The monoisotopic (exact) mass is 360 g/mol. The number of fused-ring (bicyclic) bond motifs is 1. The zero-order chi connectivity index (χ0) is 18.2. The average molecular weight is 360 g/mol. The lowest BCUT2D eigenvalue weighted by molar-refractivity contribution is -0.118. The lowest BCUT2D eigenvalue weighted by Gasteiger charge is -2.26. The van der Waals surface area contributed by atoms with Gasteiger partial charge in [0.25, 0.3) is 10.0 Å². The van der Waals surface area contributed by atoms with E-state index in [0.29, 0.717) is 24.3 Å². The molecule has 6 nitrogen and oxygen atoms in total. The minimum absolute atomic E-state index is 0.0331. The number of rotatable bonds is 4. The molecule has 2 aromatic rings. The average Bonchev–Trinajstić information content (AvgIpc) is 2.58. The fourth-order valence-corrected chi connectivity index (χ4v) is 4.02. The number of nitrogens with zero attached hydrogens (tertiary/aromatic N) is 1. The molecule has 0 bridgehead atoms. The zero-order valence-corrected chi connectivity index (χ0v) is 15.2. The molecule has 0 aromatic heterocycles. The summed E-state index contributed by atoms with van der Waals surface area (Å²) in [6, 6.07) is 10.1. The first-order chi connectivity index (χ1) is 11.8. The van der Waals surface area contributed by atoms with E-state index < -0.39 is 10.0 Å². The molecule has 1 N–H and O–H groups in total. The topological polar surface area (TPSA) is 75.7 Å². The number of carbonyl (C=O) groups excluding carboxylic acids is 1. The summed E-state index contributed by atoms with van der Waals surface area (Å²) in [4.78, 5) is 13.5. The fraction of sp³-hybridized carbons (Fsp3) is 0.278. The van der Waals surface area contributed by atoms with Crippen LogP contribution >= 0.6 is 0 Å². The summed E-state index contributed by atoms with van der Waals surface area (Å²) in [6.07, 6.45) is 0.918. The Morgan fingerprint density at radius 2 is 1.88 bits per heavy atom. The molecule has 3 rings (SSSR count). The number of hydrogen-bond acceptors (Lipinski definition) is 4. The Hall–Kier alpha value is -2.54. The van der Waals surface area contributed by atoms with Gasteiger partial charge in [-0.25, -0.2) is 8.42 Å². The molecule has 2 aromatic carbocycles. The van der Waals surface area contributed by atoms with E-state index in [1.807, 2.05) is 13.0 Å². The third kappa shape index (κ3) is 3.32. The third-order valence-corrected chi connectivity index (χ3v) is 5.67. The minimum atomic E-state index is -3.76. The van der Waals surface area contributed by atoms with Gasteiger partial charge in [0.05, 0.1) is 17.7 Å². The van der Waals surface area contributed by atoms with Gasteiger partial charge in [-0.2, -0.15) is 0 Å². The molecule has 7 heteroatoms. The van der Waals surface area contributed by atoms with Crippen LogP contribution in [0.25, 0.3) is 0 Å². The maximum Gasteiger partial charge on any atom is 0.262 e. The van der Waals surface area contributed by atoms with Crippen LogP contribution in [0.15, 0.2) is 41.3 Å². The van der Waals surface area contributed by atoms with Crippen LogP contribution in [0.5, 0.6) is 5.75 Å². The first-order valence-electron chi connectivity index (χ1n) is 7.89. The molecule has 25 heavy (non-hydrogen) atoms. The van der Waals surface area contributed by atoms with Crippen LogP contribution in [-0.4, -0.2) is 28.5 Å². The molecule has 1 aliphatic rings. The number of hydrogen-bond donors (Lipinski definition) is 1. The number of ether oxygens (including phenoxy) is 1. The summed E-state index contributed by atoms with van der Waals surface area (Å²) in [5.41, 5.74) is 2.92. The van der Waals surface area contributed by atoms with Crippen molar-refractivity contribution in [1.29, 1.82) is 0 Å². The van der Waals surface area contributed by atoms with E-state index in [1.54, 1.807) is 36.2 Å². The summed E-state index contributed by atoms with van der Waals surface area (Å²) >= 11 is 0. The van der Waals surface area contributed by atoms with Crippen molar-refractivity contribution < 1.29 is 17.9 Å². The third-order valence-electron chi connectivity index (χ3n) is 4.30. The van der Waals surface area contributed by atoms with E-state index in [4.69, 9.17) is 4.74 Å². The van der Waals surface area contributed by atoms with Gasteiger partial charge < -0.3 is 9.64 Å². The van der Waals surface area contributed by atoms with Gasteiger partial charge in [-0.3, -0.25) is 9.52 Å². The first-order valence-corrected chi connectivity index (χ1v) is 9.37. The molecule has 0 fully saturated rings. The summed E-state index contributed by atoms with van der Waals surface area (Å²) in [7, 11) is -0.568. The summed E-state index contributed by atoms with van der Waals surface area (Å²) in [6.45, 7) is 1.88. The Bertz CT molecular complexity index is 938. The number of methoxy groups -OCH3 is 1. The Morgan fingerprint density at radius 1 is 1.12 bits per heavy atom. The number of amides is 1. The molecule has 0 spiro atoms. The summed E-state index contributed by atoms with van der Waals surface area (Å²) < 4.78 is 33.3. The van der Waals surface area contributed by atoms with Gasteiger partial charge in [0, 0.05) is 19.2 Å². The molecule has 0 unspecified atom stereocenters. The van der Waals surface area contributed by atoms with Gasteiger partial charge in [0.15, 0.2) is 0 Å². The van der Waals surface area contributed by atoms with E-state index in [0.717, 1.165) is 16.8 Å². The lowest BCUT2D eigenvalue weighted by atomic mass is 10.0. The Morgan fingerprint density at radius 3 is 2.60 bits per heavy atom. The fourth-order valence-electron chi connectivity index (χ4n) is 2.91. The summed E-state index contributed by atoms with van der Waals surface area (Å²) in [5.74, 6) is 0.489. The van der Waals surface area contributed by atoms with Gasteiger partial charge in [0.2, 0.25) is 5.91 Å². The van der Waals surface area contributed by atoms with Crippen molar-refractivity contribution in [2.75, 3.05) is 23.8 Å². The van der Waals surface area contributed by atoms with Crippen molar-refractivity contribution in [3.63, 3.8) is 0 Å². The van der Waals surface area contributed by atoms with Crippen LogP contribution in [0.2, 0.25) is 0 Å². The van der Waals surface area contributed by atoms with E-state index in [9.17, 15) is 13.2 Å². The van der Waals surface area contributed by atoms with Gasteiger partial charge in [-0.1, -0.05) is 6.07 Å². The maximum atomic E-state index is 12.8. The molecular weight excluding hydrogens is 340 g/mol. The number of aryl methyl sites for hydroxylation is 2. The largest absolute Gasteiger partial charge is 0.495 e. The predicted molar refractivity (Wildman–Crippen MR) is 96.7 cm³/mol.